The van der Waals surface area contributed by atoms with Gasteiger partial charge in [0.15, 0.2) is 5.16 Å². The summed E-state index contributed by atoms with van der Waals surface area (Å²) in [4.78, 5) is 26.0. The molecule has 0 aliphatic carbocycles. The van der Waals surface area contributed by atoms with Crippen molar-refractivity contribution in [3.63, 3.8) is 0 Å². The van der Waals surface area contributed by atoms with E-state index in [0.717, 1.165) is 27.3 Å². The monoisotopic (exact) mass is 357 g/mol. The number of fused-ring (bicyclic) bond motifs is 1. The average Bonchev–Trinajstić information content (AvgIpc) is 2.70. The fraction of sp³-hybridized carbons (Fsp3) is 0.250. The van der Waals surface area contributed by atoms with Crippen LogP contribution in [0.4, 0.5) is 0 Å². The number of carboxylic acid groups (broad SMARTS) is 1. The summed E-state index contributed by atoms with van der Waals surface area (Å²) in [5.74, 6) is -1.40. The zero-order valence-corrected chi connectivity index (χ0v) is 12.8. The maximum absolute atomic E-state index is 10.9. The lowest BCUT2D eigenvalue weighted by Crippen LogP contribution is -2.14. The second kappa shape index (κ2) is 6.27. The Balaban J connectivity index is 2.39. The first-order valence-corrected chi connectivity index (χ1v) is 7.54. The summed E-state index contributed by atoms with van der Waals surface area (Å²) >= 11 is 4.49. The van der Waals surface area contributed by atoms with E-state index in [2.05, 4.69) is 20.9 Å². The Hall–Kier alpha value is -1.54. The summed E-state index contributed by atoms with van der Waals surface area (Å²) in [6.07, 6.45) is 0.183. The van der Waals surface area contributed by atoms with Gasteiger partial charge in [-0.2, -0.15) is 0 Å². The van der Waals surface area contributed by atoms with Crippen molar-refractivity contribution in [1.29, 1.82) is 0 Å². The van der Waals surface area contributed by atoms with Crippen molar-refractivity contribution in [2.45, 2.75) is 18.1 Å². The molecule has 106 valence electrons. The summed E-state index contributed by atoms with van der Waals surface area (Å²) in [6, 6.07) is 5.59. The predicted molar refractivity (Wildman–Crippen MR) is 79.6 cm³/mol. The number of hydrogen-bond donors (Lipinski definition) is 2. The minimum absolute atomic E-state index is 0.0823. The van der Waals surface area contributed by atoms with Gasteiger partial charge < -0.3 is 15.4 Å². The molecule has 0 aliphatic rings. The van der Waals surface area contributed by atoms with Crippen LogP contribution in [0.15, 0.2) is 27.8 Å². The number of carbonyl (C=O) groups excluding carboxylic acids is 1. The van der Waals surface area contributed by atoms with Crippen LogP contribution in [0.1, 0.15) is 6.42 Å². The van der Waals surface area contributed by atoms with Gasteiger partial charge in [-0.05, 0) is 18.2 Å². The van der Waals surface area contributed by atoms with Crippen LogP contribution >= 0.6 is 27.7 Å². The largest absolute Gasteiger partial charge is 0.481 e. The van der Waals surface area contributed by atoms with Gasteiger partial charge in [0.1, 0.15) is 0 Å². The van der Waals surface area contributed by atoms with Crippen molar-refractivity contribution < 1.29 is 14.7 Å². The van der Waals surface area contributed by atoms with Crippen molar-refractivity contribution in [3.8, 4) is 0 Å². The zero-order valence-electron chi connectivity index (χ0n) is 10.4. The number of benzene rings is 1. The second-order valence-corrected chi connectivity index (χ2v) is 5.94. The summed E-state index contributed by atoms with van der Waals surface area (Å²) in [7, 11) is 0. The first-order chi connectivity index (χ1) is 9.47. The minimum Gasteiger partial charge on any atom is -0.481 e. The highest BCUT2D eigenvalue weighted by Gasteiger charge is 2.13. The number of rotatable bonds is 6. The van der Waals surface area contributed by atoms with Crippen molar-refractivity contribution >= 4 is 50.6 Å². The molecule has 6 nitrogen and oxygen atoms in total. The maximum Gasteiger partial charge on any atom is 0.313 e. The smallest absolute Gasteiger partial charge is 0.313 e. The number of thioether (sulfide) groups is 1. The molecular formula is C12H12BrN3O3S. The molecule has 1 aromatic heterocycles. The number of carboxylic acids is 1. The van der Waals surface area contributed by atoms with Crippen LogP contribution in [-0.4, -0.2) is 32.3 Å². The lowest BCUT2D eigenvalue weighted by molar-refractivity contribution is -0.134. The molecule has 0 fully saturated rings. The van der Waals surface area contributed by atoms with E-state index in [1.54, 1.807) is 0 Å². The lowest BCUT2D eigenvalue weighted by Gasteiger charge is -2.06. The summed E-state index contributed by atoms with van der Waals surface area (Å²) in [6.45, 7) is 0.384. The number of aromatic nitrogens is 2. The number of carbonyl (C=O) groups is 2. The topological polar surface area (TPSA) is 98.2 Å². The molecule has 3 N–H and O–H groups in total. The Morgan fingerprint density at radius 3 is 2.85 bits per heavy atom. The fourth-order valence-corrected chi connectivity index (χ4v) is 2.87. The normalized spacial score (nSPS) is 10.8. The van der Waals surface area contributed by atoms with Crippen molar-refractivity contribution in [2.24, 2.45) is 5.73 Å². The SMILES string of the molecule is NC(=O)CCn1c(SCC(=O)O)nc2cc(Br)ccc21. The molecule has 0 aliphatic heterocycles. The Bertz CT molecular complexity index is 671. The molecule has 1 aromatic carbocycles. The van der Waals surface area contributed by atoms with Crippen LogP contribution in [-0.2, 0) is 16.1 Å². The van der Waals surface area contributed by atoms with Gasteiger partial charge in [-0.1, -0.05) is 27.7 Å². The Labute approximate surface area is 127 Å². The van der Waals surface area contributed by atoms with Gasteiger partial charge in [0.25, 0.3) is 0 Å². The van der Waals surface area contributed by atoms with E-state index in [1.807, 2.05) is 22.8 Å². The molecule has 0 saturated carbocycles. The van der Waals surface area contributed by atoms with Crippen LogP contribution in [0.5, 0.6) is 0 Å². The van der Waals surface area contributed by atoms with Gasteiger partial charge in [-0.3, -0.25) is 9.59 Å². The maximum atomic E-state index is 10.9. The summed E-state index contributed by atoms with van der Waals surface area (Å²) in [5.41, 5.74) is 6.76. The number of primary amides is 1. The predicted octanol–water partition coefficient (Wildman–Crippen LogP) is 1.85. The molecule has 1 amide bonds. The quantitative estimate of drug-likeness (QED) is 0.768. The second-order valence-electron chi connectivity index (χ2n) is 4.08. The van der Waals surface area contributed by atoms with Gasteiger partial charge in [-0.15, -0.1) is 0 Å². The summed E-state index contributed by atoms with van der Waals surface area (Å²) in [5, 5.41) is 9.33. The molecule has 8 heteroatoms. The van der Waals surface area contributed by atoms with E-state index in [0.29, 0.717) is 11.7 Å². The lowest BCUT2D eigenvalue weighted by atomic mass is 10.3. The number of amides is 1. The van der Waals surface area contributed by atoms with E-state index >= 15 is 0 Å². The van der Waals surface area contributed by atoms with Crippen molar-refractivity contribution in [2.75, 3.05) is 5.75 Å². The first-order valence-electron chi connectivity index (χ1n) is 5.76. The molecule has 0 bridgehead atoms. The number of nitrogens with two attached hydrogens (primary N) is 1. The standard InChI is InChI=1S/C12H12BrN3O3S/c13-7-1-2-9-8(5-7)15-12(20-6-11(18)19)16(9)4-3-10(14)17/h1-2,5H,3-4,6H2,(H2,14,17)(H,18,19). The van der Waals surface area contributed by atoms with Gasteiger partial charge in [0, 0.05) is 17.4 Å². The Morgan fingerprint density at radius 2 is 2.20 bits per heavy atom. The van der Waals surface area contributed by atoms with Crippen LogP contribution in [0, 0.1) is 0 Å². The molecule has 1 heterocycles. The van der Waals surface area contributed by atoms with Crippen LogP contribution in [0.2, 0.25) is 0 Å². The number of imidazole rings is 1. The molecular weight excluding hydrogens is 346 g/mol. The highest BCUT2D eigenvalue weighted by atomic mass is 79.9. The van der Waals surface area contributed by atoms with Gasteiger partial charge >= 0.3 is 5.97 Å². The minimum atomic E-state index is -0.912. The molecule has 20 heavy (non-hydrogen) atoms. The highest BCUT2D eigenvalue weighted by Crippen LogP contribution is 2.26. The number of aryl methyl sites for hydroxylation is 1. The first kappa shape index (κ1) is 14.9. The molecule has 0 atom stereocenters. The van der Waals surface area contributed by atoms with Crippen LogP contribution in [0.25, 0.3) is 11.0 Å². The molecule has 0 radical (unpaired) electrons. The van der Waals surface area contributed by atoms with E-state index in [9.17, 15) is 9.59 Å². The third kappa shape index (κ3) is 3.51. The van der Waals surface area contributed by atoms with Gasteiger partial charge in [-0.25, -0.2) is 4.98 Å². The molecule has 2 rings (SSSR count). The van der Waals surface area contributed by atoms with Crippen LogP contribution in [0.3, 0.4) is 0 Å². The van der Waals surface area contributed by atoms with E-state index < -0.39 is 11.9 Å². The van der Waals surface area contributed by atoms with Gasteiger partial charge in [0.05, 0.1) is 16.8 Å². The third-order valence-corrected chi connectivity index (χ3v) is 4.04. The summed E-state index contributed by atoms with van der Waals surface area (Å²) < 4.78 is 2.71. The van der Waals surface area contributed by atoms with E-state index in [1.165, 1.54) is 0 Å². The highest BCUT2D eigenvalue weighted by molar-refractivity contribution is 9.10. The van der Waals surface area contributed by atoms with Gasteiger partial charge in [0.2, 0.25) is 5.91 Å². The Kier molecular flexibility index (Phi) is 4.66. The number of nitrogens with zero attached hydrogens (tertiary/aromatic N) is 2. The van der Waals surface area contributed by atoms with E-state index in [-0.39, 0.29) is 12.2 Å². The number of hydrogen-bond acceptors (Lipinski definition) is 4. The third-order valence-electron chi connectivity index (χ3n) is 2.58. The van der Waals surface area contributed by atoms with Crippen molar-refractivity contribution in [3.05, 3.63) is 22.7 Å². The molecule has 2 aromatic rings. The number of halogens is 1. The van der Waals surface area contributed by atoms with E-state index in [4.69, 9.17) is 10.8 Å². The average molecular weight is 358 g/mol. The number of aliphatic carboxylic acids is 1. The Morgan fingerprint density at radius 1 is 1.45 bits per heavy atom. The van der Waals surface area contributed by atoms with Crippen LogP contribution < -0.4 is 5.73 Å². The van der Waals surface area contributed by atoms with Crippen molar-refractivity contribution in [1.82, 2.24) is 9.55 Å². The zero-order chi connectivity index (χ0) is 14.7. The fourth-order valence-electron chi connectivity index (χ4n) is 1.76. The molecule has 0 unspecified atom stereocenters. The molecule has 0 saturated heterocycles. The molecule has 0 spiro atoms.